The van der Waals surface area contributed by atoms with E-state index in [-0.39, 0.29) is 17.2 Å². The van der Waals surface area contributed by atoms with Crippen LogP contribution in [-0.4, -0.2) is 20.1 Å². The zero-order valence-corrected chi connectivity index (χ0v) is 12.2. The molecule has 0 aliphatic carbocycles. The number of methoxy groups -OCH3 is 1. The summed E-state index contributed by atoms with van der Waals surface area (Å²) < 4.78 is 18.8. The molecule has 4 nitrogen and oxygen atoms in total. The number of halogens is 1. The van der Waals surface area contributed by atoms with E-state index in [1.165, 1.54) is 12.1 Å². The maximum Gasteiger partial charge on any atom is 0.257 e. The Morgan fingerprint density at radius 1 is 1.24 bits per heavy atom. The van der Waals surface area contributed by atoms with E-state index in [0.29, 0.717) is 11.4 Å². The third kappa shape index (κ3) is 3.13. The monoisotopic (exact) mass is 288 g/mol. The molecule has 0 atom stereocenters. The van der Waals surface area contributed by atoms with Gasteiger partial charge in [0.05, 0.1) is 18.4 Å². The van der Waals surface area contributed by atoms with Crippen molar-refractivity contribution in [1.82, 2.24) is 0 Å². The summed E-state index contributed by atoms with van der Waals surface area (Å²) >= 11 is 0. The summed E-state index contributed by atoms with van der Waals surface area (Å²) in [6.07, 6.45) is 0. The van der Waals surface area contributed by atoms with Gasteiger partial charge < -0.3 is 15.4 Å². The summed E-state index contributed by atoms with van der Waals surface area (Å²) in [5, 5.41) is 5.49. The Bertz CT molecular complexity index is 671. The summed E-state index contributed by atoms with van der Waals surface area (Å²) in [6, 6.07) is 9.72. The van der Waals surface area contributed by atoms with E-state index in [1.807, 2.05) is 13.0 Å². The number of para-hydroxylation sites is 1. The Morgan fingerprint density at radius 2 is 2.00 bits per heavy atom. The van der Waals surface area contributed by atoms with Crippen molar-refractivity contribution < 1.29 is 13.9 Å². The molecule has 0 aromatic heterocycles. The Hall–Kier alpha value is -2.56. The summed E-state index contributed by atoms with van der Waals surface area (Å²) in [4.78, 5) is 12.3. The molecule has 0 aliphatic rings. The number of rotatable bonds is 4. The Morgan fingerprint density at radius 3 is 2.62 bits per heavy atom. The van der Waals surface area contributed by atoms with Gasteiger partial charge in [-0.2, -0.15) is 0 Å². The maximum absolute atomic E-state index is 13.7. The van der Waals surface area contributed by atoms with Crippen LogP contribution in [0.2, 0.25) is 0 Å². The fraction of sp³-hybridized carbons (Fsp3) is 0.188. The third-order valence-electron chi connectivity index (χ3n) is 3.19. The molecule has 0 aliphatic heterocycles. The van der Waals surface area contributed by atoms with E-state index in [0.717, 1.165) is 5.56 Å². The molecule has 0 fully saturated rings. The minimum atomic E-state index is -0.461. The standard InChI is InChI=1S/C16H17FN2O2/c1-10-9-11(21-3)7-8-14(10)19-16(20)12-5-4-6-13(17)15(12)18-2/h4-9,18H,1-3H3,(H,19,20). The molecule has 110 valence electrons. The SMILES string of the molecule is CNc1c(F)cccc1C(=O)Nc1ccc(OC)cc1C. The van der Waals surface area contributed by atoms with Gasteiger partial charge in [-0.1, -0.05) is 6.07 Å². The Balaban J connectivity index is 2.28. The largest absolute Gasteiger partial charge is 0.497 e. The average molecular weight is 288 g/mol. The molecule has 2 rings (SSSR count). The van der Waals surface area contributed by atoms with Gasteiger partial charge in [0.2, 0.25) is 0 Å². The van der Waals surface area contributed by atoms with Crippen LogP contribution in [-0.2, 0) is 0 Å². The lowest BCUT2D eigenvalue weighted by Gasteiger charge is -2.12. The number of carbonyl (C=O) groups is 1. The number of hydrogen-bond acceptors (Lipinski definition) is 3. The fourth-order valence-corrected chi connectivity index (χ4v) is 2.06. The van der Waals surface area contributed by atoms with Gasteiger partial charge >= 0.3 is 0 Å². The van der Waals surface area contributed by atoms with Crippen LogP contribution in [0.1, 0.15) is 15.9 Å². The second kappa shape index (κ2) is 6.26. The molecule has 0 bridgehead atoms. The lowest BCUT2D eigenvalue weighted by Crippen LogP contribution is -2.15. The molecule has 2 aromatic carbocycles. The molecule has 1 amide bonds. The first-order valence-electron chi connectivity index (χ1n) is 6.49. The zero-order valence-electron chi connectivity index (χ0n) is 12.2. The average Bonchev–Trinajstić information content (AvgIpc) is 2.48. The molecule has 0 saturated carbocycles. The minimum Gasteiger partial charge on any atom is -0.497 e. The normalized spacial score (nSPS) is 10.1. The lowest BCUT2D eigenvalue weighted by atomic mass is 10.1. The number of anilines is 2. The van der Waals surface area contributed by atoms with Gasteiger partial charge in [0.15, 0.2) is 0 Å². The smallest absolute Gasteiger partial charge is 0.257 e. The van der Waals surface area contributed by atoms with Crippen molar-refractivity contribution >= 4 is 17.3 Å². The van der Waals surface area contributed by atoms with Crippen LogP contribution in [0.25, 0.3) is 0 Å². The van der Waals surface area contributed by atoms with Crippen molar-refractivity contribution in [1.29, 1.82) is 0 Å². The highest BCUT2D eigenvalue weighted by atomic mass is 19.1. The maximum atomic E-state index is 13.7. The highest BCUT2D eigenvalue weighted by Gasteiger charge is 2.15. The van der Waals surface area contributed by atoms with E-state index in [1.54, 1.807) is 32.4 Å². The van der Waals surface area contributed by atoms with Crippen LogP contribution in [0, 0.1) is 12.7 Å². The van der Waals surface area contributed by atoms with E-state index < -0.39 is 5.82 Å². The Labute approximate surface area is 122 Å². The van der Waals surface area contributed by atoms with Crippen LogP contribution in [0.15, 0.2) is 36.4 Å². The first kappa shape index (κ1) is 14.8. The molecule has 0 saturated heterocycles. The molecule has 21 heavy (non-hydrogen) atoms. The van der Waals surface area contributed by atoms with Crippen LogP contribution >= 0.6 is 0 Å². The van der Waals surface area contributed by atoms with Crippen LogP contribution in [0.3, 0.4) is 0 Å². The number of benzene rings is 2. The fourth-order valence-electron chi connectivity index (χ4n) is 2.06. The first-order valence-corrected chi connectivity index (χ1v) is 6.49. The van der Waals surface area contributed by atoms with Crippen LogP contribution in [0.4, 0.5) is 15.8 Å². The third-order valence-corrected chi connectivity index (χ3v) is 3.19. The summed E-state index contributed by atoms with van der Waals surface area (Å²) in [5.74, 6) is -0.115. The number of aryl methyl sites for hydroxylation is 1. The number of amides is 1. The molecular weight excluding hydrogens is 271 g/mol. The minimum absolute atomic E-state index is 0.182. The van der Waals surface area contributed by atoms with Crippen molar-refractivity contribution in [2.45, 2.75) is 6.92 Å². The molecule has 2 N–H and O–H groups in total. The number of nitrogens with one attached hydrogen (secondary N) is 2. The molecule has 5 heteroatoms. The van der Waals surface area contributed by atoms with Crippen molar-refractivity contribution in [3.8, 4) is 5.75 Å². The van der Waals surface area contributed by atoms with E-state index in [2.05, 4.69) is 10.6 Å². The van der Waals surface area contributed by atoms with E-state index in [4.69, 9.17) is 4.74 Å². The van der Waals surface area contributed by atoms with Gasteiger partial charge in [0.25, 0.3) is 5.91 Å². The van der Waals surface area contributed by atoms with E-state index in [9.17, 15) is 9.18 Å². The van der Waals surface area contributed by atoms with Crippen molar-refractivity contribution in [2.75, 3.05) is 24.8 Å². The second-order valence-electron chi connectivity index (χ2n) is 4.55. The van der Waals surface area contributed by atoms with Gasteiger partial charge in [-0.05, 0) is 42.8 Å². The van der Waals surface area contributed by atoms with Crippen LogP contribution in [0.5, 0.6) is 5.75 Å². The second-order valence-corrected chi connectivity index (χ2v) is 4.55. The topological polar surface area (TPSA) is 50.4 Å². The lowest BCUT2D eigenvalue weighted by molar-refractivity contribution is 0.102. The van der Waals surface area contributed by atoms with Gasteiger partial charge in [0.1, 0.15) is 11.6 Å². The predicted molar refractivity (Wildman–Crippen MR) is 81.6 cm³/mol. The van der Waals surface area contributed by atoms with E-state index >= 15 is 0 Å². The highest BCUT2D eigenvalue weighted by Crippen LogP contribution is 2.24. The highest BCUT2D eigenvalue weighted by molar-refractivity contribution is 6.08. The quantitative estimate of drug-likeness (QED) is 0.906. The molecule has 0 spiro atoms. The predicted octanol–water partition coefficient (Wildman–Crippen LogP) is 3.44. The van der Waals surface area contributed by atoms with Gasteiger partial charge in [0, 0.05) is 12.7 Å². The molecular formula is C16H17FN2O2. The molecule has 0 unspecified atom stereocenters. The first-order chi connectivity index (χ1) is 10.1. The van der Waals surface area contributed by atoms with Crippen molar-refractivity contribution in [3.63, 3.8) is 0 Å². The zero-order chi connectivity index (χ0) is 15.4. The van der Waals surface area contributed by atoms with Gasteiger partial charge in [-0.25, -0.2) is 4.39 Å². The summed E-state index contributed by atoms with van der Waals surface area (Å²) in [7, 11) is 3.16. The number of carbonyl (C=O) groups excluding carboxylic acids is 1. The number of hydrogen-bond donors (Lipinski definition) is 2. The van der Waals surface area contributed by atoms with Gasteiger partial charge in [-0.15, -0.1) is 0 Å². The number of ether oxygens (including phenoxy) is 1. The molecule has 2 aromatic rings. The Kier molecular flexibility index (Phi) is 4.42. The van der Waals surface area contributed by atoms with Crippen molar-refractivity contribution in [2.24, 2.45) is 0 Å². The van der Waals surface area contributed by atoms with Gasteiger partial charge in [-0.3, -0.25) is 4.79 Å². The summed E-state index contributed by atoms with van der Waals surface area (Å²) in [5.41, 5.74) is 1.96. The molecule has 0 radical (unpaired) electrons. The van der Waals surface area contributed by atoms with Crippen molar-refractivity contribution in [3.05, 3.63) is 53.3 Å². The molecule has 0 heterocycles. The van der Waals surface area contributed by atoms with Crippen LogP contribution < -0.4 is 15.4 Å². The summed E-state index contributed by atoms with van der Waals surface area (Å²) in [6.45, 7) is 1.86.